The van der Waals surface area contributed by atoms with E-state index in [1.54, 1.807) is 26.0 Å². The van der Waals surface area contributed by atoms with E-state index in [9.17, 15) is 22.0 Å². The third-order valence-corrected chi connectivity index (χ3v) is 12.9. The molecule has 12 heteroatoms. The summed E-state index contributed by atoms with van der Waals surface area (Å²) in [6, 6.07) is 38.7. The van der Waals surface area contributed by atoms with Crippen molar-refractivity contribution in [1.82, 2.24) is 0 Å². The van der Waals surface area contributed by atoms with Gasteiger partial charge >= 0.3 is 6.18 Å². The number of hydrogen-bond donors (Lipinski definition) is 0. The van der Waals surface area contributed by atoms with Crippen molar-refractivity contribution >= 4 is 11.4 Å². The van der Waals surface area contributed by atoms with E-state index in [0.29, 0.717) is 42.8 Å². The number of hydrogen-bond acceptors (Lipinski definition) is 7. The van der Waals surface area contributed by atoms with E-state index in [-0.39, 0.29) is 23.8 Å². The molecule has 7 nitrogen and oxygen atoms in total. The second kappa shape index (κ2) is 30.0. The molecule has 4 aliphatic rings. The van der Waals surface area contributed by atoms with Crippen LogP contribution in [0.3, 0.4) is 0 Å². The molecule has 0 bridgehead atoms. The Kier molecular flexibility index (Phi) is 24.0. The quantitative estimate of drug-likeness (QED) is 0.163. The van der Waals surface area contributed by atoms with Crippen molar-refractivity contribution in [2.45, 2.75) is 145 Å². The normalized spacial score (nSPS) is 19.0. The predicted molar refractivity (Wildman–Crippen MR) is 300 cm³/mol. The van der Waals surface area contributed by atoms with E-state index in [1.165, 1.54) is 72.7 Å². The van der Waals surface area contributed by atoms with Crippen molar-refractivity contribution in [3.05, 3.63) is 184 Å². The number of halogens is 5. The molecule has 2 saturated heterocycles. The lowest BCUT2D eigenvalue weighted by molar-refractivity contribution is -0.137. The number of fused-ring (bicyclic) bond motifs is 1. The lowest BCUT2D eigenvalue weighted by atomic mass is 9.98. The van der Waals surface area contributed by atoms with Crippen LogP contribution in [-0.4, -0.2) is 69.9 Å². The Hall–Kier alpha value is -6.11. The Morgan fingerprint density at radius 1 is 0.474 bits per heavy atom. The Bertz CT molecular complexity index is 2640. The Balaban J connectivity index is 0.000000170. The first kappa shape index (κ1) is 60.8. The summed E-state index contributed by atoms with van der Waals surface area (Å²) in [5.41, 5.74) is 8.66. The van der Waals surface area contributed by atoms with Crippen molar-refractivity contribution in [2.75, 3.05) is 49.2 Å². The van der Waals surface area contributed by atoms with E-state index >= 15 is 0 Å². The van der Waals surface area contributed by atoms with Gasteiger partial charge in [0.15, 0.2) is 11.5 Å². The zero-order valence-electron chi connectivity index (χ0n) is 46.6. The van der Waals surface area contributed by atoms with Crippen LogP contribution in [-0.2, 0) is 15.7 Å². The van der Waals surface area contributed by atoms with Gasteiger partial charge in [0.25, 0.3) is 0 Å². The largest absolute Gasteiger partial charge is 0.490 e. The summed E-state index contributed by atoms with van der Waals surface area (Å²) >= 11 is 0. The second-order valence-corrected chi connectivity index (χ2v) is 20.6. The van der Waals surface area contributed by atoms with E-state index in [0.717, 1.165) is 72.3 Å². The molecule has 3 heterocycles. The van der Waals surface area contributed by atoms with E-state index < -0.39 is 11.7 Å². The minimum absolute atomic E-state index is 0.116. The minimum Gasteiger partial charge on any atom is -0.490 e. The van der Waals surface area contributed by atoms with Gasteiger partial charge in [0.1, 0.15) is 30.6 Å². The monoisotopic (exact) mass is 1050 g/mol. The molecule has 10 rings (SSSR count). The first-order valence-electron chi connectivity index (χ1n) is 26.7. The molecule has 412 valence electrons. The Morgan fingerprint density at radius 2 is 0.947 bits per heavy atom. The highest BCUT2D eigenvalue weighted by molar-refractivity contribution is 5.50. The van der Waals surface area contributed by atoms with E-state index in [4.69, 9.17) is 23.7 Å². The van der Waals surface area contributed by atoms with Gasteiger partial charge in [-0.3, -0.25) is 0 Å². The predicted octanol–water partition coefficient (Wildman–Crippen LogP) is 16.3. The summed E-state index contributed by atoms with van der Waals surface area (Å²) in [5.74, 6) is 2.52. The summed E-state index contributed by atoms with van der Waals surface area (Å²) < 4.78 is 90.2. The molecule has 0 amide bonds. The molecule has 0 radical (unpaired) electrons. The van der Waals surface area contributed by atoms with Crippen molar-refractivity contribution in [1.29, 1.82) is 0 Å². The highest BCUT2D eigenvalue weighted by atomic mass is 19.4. The van der Waals surface area contributed by atoms with Crippen molar-refractivity contribution in [2.24, 2.45) is 0 Å². The molecule has 6 aromatic carbocycles. The van der Waals surface area contributed by atoms with Crippen LogP contribution in [0.5, 0.6) is 17.2 Å². The van der Waals surface area contributed by atoms with Crippen molar-refractivity contribution in [3.8, 4) is 17.2 Å². The summed E-state index contributed by atoms with van der Waals surface area (Å²) in [4.78, 5) is 4.46. The maximum absolute atomic E-state index is 13.8. The minimum atomic E-state index is -4.21. The number of rotatable bonds is 4. The highest BCUT2D eigenvalue weighted by Crippen LogP contribution is 2.31. The maximum Gasteiger partial charge on any atom is 0.416 e. The van der Waals surface area contributed by atoms with Gasteiger partial charge in [0.05, 0.1) is 41.8 Å². The zero-order valence-corrected chi connectivity index (χ0v) is 46.6. The molecule has 1 aliphatic carbocycles. The van der Waals surface area contributed by atoms with Crippen LogP contribution in [0.2, 0.25) is 0 Å². The fraction of sp³-hybridized carbons (Fsp3) is 0.438. The maximum atomic E-state index is 13.8. The molecule has 76 heavy (non-hydrogen) atoms. The van der Waals surface area contributed by atoms with Gasteiger partial charge in [-0.2, -0.15) is 13.2 Å². The third-order valence-electron chi connectivity index (χ3n) is 12.9. The molecule has 0 spiro atoms. The fourth-order valence-electron chi connectivity index (χ4n) is 9.04. The third kappa shape index (κ3) is 21.1. The summed E-state index contributed by atoms with van der Waals surface area (Å²) in [6.07, 6.45) is 3.72. The highest BCUT2D eigenvalue weighted by Gasteiger charge is 2.30. The summed E-state index contributed by atoms with van der Waals surface area (Å²) in [5, 5.41) is 0. The van der Waals surface area contributed by atoms with Crippen molar-refractivity contribution < 1.29 is 45.6 Å². The second-order valence-electron chi connectivity index (χ2n) is 20.6. The van der Waals surface area contributed by atoms with E-state index in [1.807, 2.05) is 71.0 Å². The number of benzene rings is 6. The van der Waals surface area contributed by atoms with Gasteiger partial charge in [-0.25, -0.2) is 8.78 Å². The molecule has 3 fully saturated rings. The molecule has 6 aromatic rings. The smallest absolute Gasteiger partial charge is 0.416 e. The number of alkyl halides is 3. The van der Waals surface area contributed by atoms with Gasteiger partial charge in [0, 0.05) is 31.9 Å². The average molecular weight is 1050 g/mol. The van der Waals surface area contributed by atoms with Crippen LogP contribution in [0.4, 0.5) is 33.3 Å². The Labute approximate surface area is 450 Å². The lowest BCUT2D eigenvalue weighted by Crippen LogP contribution is -2.45. The molecule has 0 unspecified atom stereocenters. The number of nitrogens with zero attached hydrogens (tertiary/aromatic N) is 2. The van der Waals surface area contributed by atoms with Crippen LogP contribution in [0.1, 0.15) is 104 Å². The molecule has 4 atom stereocenters. The molecule has 0 N–H and O–H groups in total. The molecular weight excluding hydrogens is 972 g/mol. The first-order chi connectivity index (χ1) is 36.1. The number of anilines is 2. The van der Waals surface area contributed by atoms with Crippen LogP contribution >= 0.6 is 0 Å². The van der Waals surface area contributed by atoms with Crippen LogP contribution in [0, 0.1) is 60.1 Å². The zero-order chi connectivity index (χ0) is 55.4. The van der Waals surface area contributed by atoms with Crippen LogP contribution in [0.25, 0.3) is 0 Å². The topological polar surface area (TPSA) is 52.6 Å². The molecule has 3 aliphatic heterocycles. The number of aryl methyl sites for hydroxylation is 7. The number of morpholine rings is 2. The SMILES string of the molecule is Cc1ccc(C(F)(F)F)cc1.Cc1ccc(C)c(F)c1.Cc1ccc(N2C[C@@H](C)O[C@@H](C)C2)c(F)c1.Cc1ccc(N2C[C@@H](C)O[C@@H](C)C2)cc1.Cc1ccc2c(c1)OCCO2.Cc1cccc(OC2CCCCC2)c1. The standard InChI is InChI=1S/C13H18FNO.C13H19NO.C13H18O.C9H10O2.C8H7F3.C8H9F/c1-9-4-5-13(12(14)6-9)15-7-10(2)16-11(3)8-15;1-10-4-6-13(7-5-10)14-8-11(2)15-12(3)9-14;1-11-6-5-9-13(10-11)14-12-7-3-2-4-8-12;1-7-2-3-8-9(6-7)11-5-4-10-8;1-6-2-4-7(5-3-6)8(9,10)11;1-6-3-4-7(2)8(9)5-6/h4-6,10-11H,7-8H2,1-3H3;4-7,11-12H,8-9H2,1-3H3;5-6,9-10,12H,2-4,7-8H2,1H3;2-3,6H,4-5H2,1H3;2-5H,1H3;3-5H,1-2H3/t10-,11+;11-,12+;;;;. The fourth-order valence-corrected chi connectivity index (χ4v) is 9.04. The van der Waals surface area contributed by atoms with Crippen molar-refractivity contribution in [3.63, 3.8) is 0 Å². The van der Waals surface area contributed by atoms with Crippen LogP contribution < -0.4 is 24.0 Å². The van der Waals surface area contributed by atoms with Gasteiger partial charge in [0.2, 0.25) is 0 Å². The Morgan fingerprint density at radius 3 is 1.47 bits per heavy atom. The van der Waals surface area contributed by atoms with Gasteiger partial charge in [-0.05, 0) is 196 Å². The van der Waals surface area contributed by atoms with E-state index in [2.05, 4.69) is 86.0 Å². The molecule has 0 aromatic heterocycles. The number of ether oxygens (including phenoxy) is 5. The molecule has 1 saturated carbocycles. The summed E-state index contributed by atoms with van der Waals surface area (Å²) in [7, 11) is 0. The average Bonchev–Trinajstić information content (AvgIpc) is 3.36. The van der Waals surface area contributed by atoms with Crippen LogP contribution in [0.15, 0.2) is 127 Å². The lowest BCUT2D eigenvalue weighted by Gasteiger charge is -2.37. The molecular formula is C64H81F5N2O5. The first-order valence-corrected chi connectivity index (χ1v) is 26.7. The van der Waals surface area contributed by atoms with Gasteiger partial charge < -0.3 is 33.5 Å². The van der Waals surface area contributed by atoms with Gasteiger partial charge in [-0.15, -0.1) is 0 Å². The summed E-state index contributed by atoms with van der Waals surface area (Å²) in [6.45, 7) is 26.7. The van der Waals surface area contributed by atoms with Gasteiger partial charge in [-0.1, -0.05) is 78.2 Å².